The Balaban J connectivity index is 2.06. The predicted octanol–water partition coefficient (Wildman–Crippen LogP) is 3.32. The van der Waals surface area contributed by atoms with Gasteiger partial charge in [-0.2, -0.15) is 10.5 Å². The quantitative estimate of drug-likeness (QED) is 0.736. The molecule has 4 heteroatoms. The molecular weight excluding hydrogens is 296 g/mol. The summed E-state index contributed by atoms with van der Waals surface area (Å²) in [6.07, 6.45) is 9.11. The Morgan fingerprint density at radius 1 is 0.875 bits per heavy atom. The van der Waals surface area contributed by atoms with Gasteiger partial charge in [0.25, 0.3) is 0 Å². The lowest BCUT2D eigenvalue weighted by molar-refractivity contribution is -0.671. The highest BCUT2D eigenvalue weighted by Crippen LogP contribution is 2.17. The number of pyridine rings is 1. The molecule has 24 heavy (non-hydrogen) atoms. The minimum atomic E-state index is 0.457. The van der Waals surface area contributed by atoms with E-state index < -0.39 is 0 Å². The molecule has 0 aliphatic rings. The first-order valence-corrected chi connectivity index (χ1v) is 7.95. The molecule has 0 bridgehead atoms. The van der Waals surface area contributed by atoms with Gasteiger partial charge >= 0.3 is 0 Å². The summed E-state index contributed by atoms with van der Waals surface area (Å²) in [5.41, 5.74) is 3.32. The van der Waals surface area contributed by atoms with Gasteiger partial charge < -0.3 is 4.90 Å². The van der Waals surface area contributed by atoms with E-state index in [2.05, 4.69) is 53.5 Å². The Kier molecular flexibility index (Phi) is 6.56. The molecule has 0 aliphatic carbocycles. The molecule has 2 rings (SSSR count). The highest BCUT2D eigenvalue weighted by molar-refractivity contribution is 5.70. The molecule has 120 valence electrons. The van der Waals surface area contributed by atoms with Crippen LogP contribution >= 0.6 is 0 Å². The van der Waals surface area contributed by atoms with Crippen molar-refractivity contribution in [3.8, 4) is 12.1 Å². The monoisotopic (exact) mass is 317 g/mol. The zero-order chi connectivity index (χ0) is 17.2. The molecule has 0 saturated heterocycles. The van der Waals surface area contributed by atoms with E-state index in [9.17, 15) is 0 Å². The predicted molar refractivity (Wildman–Crippen MR) is 95.7 cm³/mol. The number of hydrogen-bond donors (Lipinski definition) is 0. The molecule has 0 N–H and O–H groups in total. The Morgan fingerprint density at radius 3 is 1.88 bits per heavy atom. The number of nitriles is 2. The fraction of sp³-hybridized carbons (Fsp3) is 0.250. The minimum Gasteiger partial charge on any atom is -0.369 e. The molecule has 0 saturated carbocycles. The highest BCUT2D eigenvalue weighted by atomic mass is 15.1. The zero-order valence-electron chi connectivity index (χ0n) is 13.9. The van der Waals surface area contributed by atoms with E-state index in [-0.39, 0.29) is 0 Å². The third-order valence-electron chi connectivity index (χ3n) is 3.72. The summed E-state index contributed by atoms with van der Waals surface area (Å²) in [7, 11) is 2.00. The van der Waals surface area contributed by atoms with Gasteiger partial charge in [0.2, 0.25) is 0 Å². The fourth-order valence-corrected chi connectivity index (χ4v) is 2.35. The van der Waals surface area contributed by atoms with Gasteiger partial charge in [-0.05, 0) is 23.3 Å². The van der Waals surface area contributed by atoms with Crippen molar-refractivity contribution in [3.05, 3.63) is 59.9 Å². The average molecular weight is 317 g/mol. The normalized spacial score (nSPS) is 10.3. The molecule has 0 radical (unpaired) electrons. The smallest absolute Gasteiger partial charge is 0.169 e. The average Bonchev–Trinajstić information content (AvgIpc) is 2.62. The summed E-state index contributed by atoms with van der Waals surface area (Å²) in [5.74, 6) is 0. The SMILES string of the molecule is C[n+]1ccc(/C=C/c2ccc(N(CCC#N)CCC#N)cc2)cc1. The van der Waals surface area contributed by atoms with E-state index in [1.165, 1.54) is 0 Å². The topological polar surface area (TPSA) is 54.7 Å². The minimum absolute atomic E-state index is 0.457. The van der Waals surface area contributed by atoms with Gasteiger partial charge in [-0.15, -0.1) is 0 Å². The first kappa shape index (κ1) is 17.2. The van der Waals surface area contributed by atoms with Crippen LogP contribution in [0.3, 0.4) is 0 Å². The highest BCUT2D eigenvalue weighted by Gasteiger charge is 2.05. The molecule has 0 unspecified atom stereocenters. The lowest BCUT2D eigenvalue weighted by atomic mass is 10.1. The van der Waals surface area contributed by atoms with Crippen LogP contribution < -0.4 is 9.47 Å². The van der Waals surface area contributed by atoms with E-state index in [0.29, 0.717) is 25.9 Å². The standard InChI is InChI=1S/C20H21N4/c1-23-16-10-19(11-17-23)5-4-18-6-8-20(9-7-18)24(14-2-12-21)15-3-13-22/h4-11,16-17H,2-3,14-15H2,1H3/q+1. The second kappa shape index (κ2) is 9.12. The van der Waals surface area contributed by atoms with E-state index in [1.54, 1.807) is 0 Å². The summed E-state index contributed by atoms with van der Waals surface area (Å²) in [5, 5.41) is 17.5. The van der Waals surface area contributed by atoms with Crippen LogP contribution in [0.25, 0.3) is 12.2 Å². The molecule has 1 aromatic carbocycles. The maximum absolute atomic E-state index is 8.77. The molecule has 0 amide bonds. The number of benzene rings is 1. The van der Waals surface area contributed by atoms with Gasteiger partial charge in [0, 0.05) is 30.9 Å². The molecule has 0 fully saturated rings. The molecule has 0 spiro atoms. The number of aromatic nitrogens is 1. The van der Waals surface area contributed by atoms with Crippen molar-refractivity contribution in [2.24, 2.45) is 7.05 Å². The van der Waals surface area contributed by atoms with Crippen LogP contribution in [0.2, 0.25) is 0 Å². The maximum atomic E-state index is 8.77. The number of aryl methyl sites for hydroxylation is 1. The summed E-state index contributed by atoms with van der Waals surface area (Å²) in [6.45, 7) is 1.29. The first-order chi connectivity index (χ1) is 11.7. The van der Waals surface area contributed by atoms with Crippen molar-refractivity contribution in [2.45, 2.75) is 12.8 Å². The lowest BCUT2D eigenvalue weighted by Crippen LogP contribution is -2.25. The largest absolute Gasteiger partial charge is 0.369 e. The van der Waals surface area contributed by atoms with Gasteiger partial charge in [0.15, 0.2) is 12.4 Å². The number of anilines is 1. The number of hydrogen-bond acceptors (Lipinski definition) is 3. The molecule has 0 aliphatic heterocycles. The van der Waals surface area contributed by atoms with Crippen molar-refractivity contribution in [1.82, 2.24) is 0 Å². The van der Waals surface area contributed by atoms with Crippen LogP contribution in [0.4, 0.5) is 5.69 Å². The van der Waals surface area contributed by atoms with Crippen LogP contribution in [0, 0.1) is 22.7 Å². The van der Waals surface area contributed by atoms with Gasteiger partial charge in [-0.3, -0.25) is 0 Å². The lowest BCUT2D eigenvalue weighted by Gasteiger charge is -2.22. The first-order valence-electron chi connectivity index (χ1n) is 7.95. The third-order valence-corrected chi connectivity index (χ3v) is 3.72. The van der Waals surface area contributed by atoms with Gasteiger partial charge in [0.1, 0.15) is 7.05 Å². The zero-order valence-corrected chi connectivity index (χ0v) is 13.9. The number of nitrogens with zero attached hydrogens (tertiary/aromatic N) is 4. The van der Waals surface area contributed by atoms with Crippen LogP contribution in [0.15, 0.2) is 48.8 Å². The molecule has 4 nitrogen and oxygen atoms in total. The molecule has 0 atom stereocenters. The Hall–Kier alpha value is -3.11. The van der Waals surface area contributed by atoms with E-state index >= 15 is 0 Å². The van der Waals surface area contributed by atoms with Gasteiger partial charge in [-0.1, -0.05) is 24.3 Å². The van der Waals surface area contributed by atoms with Crippen LogP contribution in [0.5, 0.6) is 0 Å². The van der Waals surface area contributed by atoms with Crippen LogP contribution in [-0.4, -0.2) is 13.1 Å². The molecule has 1 heterocycles. The van der Waals surface area contributed by atoms with Crippen LogP contribution in [0.1, 0.15) is 24.0 Å². The molecule has 2 aromatic rings. The second-order valence-electron chi connectivity index (χ2n) is 5.53. The molecule has 1 aromatic heterocycles. The van der Waals surface area contributed by atoms with Crippen molar-refractivity contribution in [2.75, 3.05) is 18.0 Å². The Morgan fingerprint density at radius 2 is 1.38 bits per heavy atom. The van der Waals surface area contributed by atoms with E-state index in [1.807, 2.05) is 36.1 Å². The summed E-state index contributed by atoms with van der Waals surface area (Å²) in [4.78, 5) is 2.08. The Labute approximate surface area is 143 Å². The van der Waals surface area contributed by atoms with Gasteiger partial charge in [0.05, 0.1) is 25.0 Å². The fourth-order valence-electron chi connectivity index (χ4n) is 2.35. The maximum Gasteiger partial charge on any atom is 0.169 e. The summed E-state index contributed by atoms with van der Waals surface area (Å²) in [6, 6.07) is 16.6. The third kappa shape index (κ3) is 5.26. The van der Waals surface area contributed by atoms with Gasteiger partial charge in [-0.25, -0.2) is 4.57 Å². The second-order valence-corrected chi connectivity index (χ2v) is 5.53. The van der Waals surface area contributed by atoms with Crippen molar-refractivity contribution in [1.29, 1.82) is 10.5 Å². The van der Waals surface area contributed by atoms with E-state index in [4.69, 9.17) is 10.5 Å². The van der Waals surface area contributed by atoms with Crippen molar-refractivity contribution in [3.63, 3.8) is 0 Å². The Bertz CT molecular complexity index is 728. The van der Waals surface area contributed by atoms with Crippen molar-refractivity contribution >= 4 is 17.8 Å². The van der Waals surface area contributed by atoms with E-state index in [0.717, 1.165) is 16.8 Å². The summed E-state index contributed by atoms with van der Waals surface area (Å²) < 4.78 is 2.00. The summed E-state index contributed by atoms with van der Waals surface area (Å²) >= 11 is 0. The number of rotatable bonds is 7. The van der Waals surface area contributed by atoms with Crippen LogP contribution in [-0.2, 0) is 7.05 Å². The molecular formula is C20H21N4+. The van der Waals surface area contributed by atoms with Crippen molar-refractivity contribution < 1.29 is 4.57 Å².